The molecule has 25 heavy (non-hydrogen) atoms. The van der Waals surface area contributed by atoms with Crippen molar-refractivity contribution in [2.24, 2.45) is 0 Å². The zero-order valence-electron chi connectivity index (χ0n) is 13.2. The number of H-pyrrole nitrogens is 1. The lowest BCUT2D eigenvalue weighted by molar-refractivity contribution is 0.0978. The molecule has 0 bridgehead atoms. The van der Waals surface area contributed by atoms with Crippen molar-refractivity contribution >= 4 is 45.3 Å². The Morgan fingerprint density at radius 1 is 0.920 bits per heavy atom. The Hall–Kier alpha value is -2.57. The van der Waals surface area contributed by atoms with Crippen molar-refractivity contribution in [2.75, 3.05) is 0 Å². The lowest BCUT2D eigenvalue weighted by Crippen LogP contribution is -2.05. The number of carbonyl (C=O) groups excluding carboxylic acids is 2. The van der Waals surface area contributed by atoms with Gasteiger partial charge in [-0.3, -0.25) is 9.59 Å². The number of hydrogen-bond acceptors (Lipinski definition) is 5. The van der Waals surface area contributed by atoms with E-state index in [1.807, 2.05) is 45.8 Å². The Morgan fingerprint density at radius 3 is 2.24 bits per heavy atom. The predicted molar refractivity (Wildman–Crippen MR) is 101 cm³/mol. The number of carbonyl (C=O) groups is 2. The van der Waals surface area contributed by atoms with Crippen LogP contribution >= 0.6 is 22.7 Å². The minimum absolute atomic E-state index is 0.00679. The molecule has 6 heteroatoms. The number of benzene rings is 1. The first-order chi connectivity index (χ1) is 12.2. The molecular weight excluding hydrogens is 352 g/mol. The van der Waals surface area contributed by atoms with Crippen molar-refractivity contribution in [1.82, 2.24) is 9.97 Å². The van der Waals surface area contributed by atoms with Gasteiger partial charge in [-0.15, -0.1) is 0 Å². The fraction of sp³-hybridized carbons (Fsp3) is 0.105. The fourth-order valence-electron chi connectivity index (χ4n) is 2.73. The molecule has 0 aliphatic rings. The van der Waals surface area contributed by atoms with Crippen molar-refractivity contribution in [3.63, 3.8) is 0 Å². The smallest absolute Gasteiger partial charge is 0.202 e. The van der Waals surface area contributed by atoms with Crippen LogP contribution in [0, 0.1) is 0 Å². The number of hydrogen-bond donors (Lipinski definition) is 1. The standard InChI is InChI=1S/C19H14N2O2S2/c22-16(8-12-4-6-24-10-12)14-2-1-3-15-18(14)21-19(20-15)17(23)9-13-5-7-25-11-13/h1-7,10-11H,8-9H2,(H,20,21). The van der Waals surface area contributed by atoms with Gasteiger partial charge in [0.15, 0.2) is 11.6 Å². The number of ketones is 2. The maximum atomic E-state index is 12.6. The Morgan fingerprint density at radius 2 is 1.60 bits per heavy atom. The SMILES string of the molecule is O=C(Cc1ccsc1)c1nc2c(C(=O)Cc3ccsc3)cccc2[nH]1. The molecule has 0 aliphatic heterocycles. The number of rotatable bonds is 6. The van der Waals surface area contributed by atoms with Crippen LogP contribution in [0.15, 0.2) is 51.9 Å². The van der Waals surface area contributed by atoms with Crippen LogP contribution in [0.2, 0.25) is 0 Å². The van der Waals surface area contributed by atoms with Gasteiger partial charge in [0.2, 0.25) is 5.78 Å². The van der Waals surface area contributed by atoms with Gasteiger partial charge in [-0.05, 0) is 56.9 Å². The maximum Gasteiger partial charge on any atom is 0.202 e. The Labute approximate surface area is 152 Å². The average molecular weight is 366 g/mol. The third-order valence-corrected chi connectivity index (χ3v) is 5.43. The largest absolute Gasteiger partial charge is 0.335 e. The summed E-state index contributed by atoms with van der Waals surface area (Å²) in [5.41, 5.74) is 3.80. The first-order valence-corrected chi connectivity index (χ1v) is 9.66. The molecule has 4 aromatic rings. The zero-order valence-corrected chi connectivity index (χ0v) is 14.8. The number of aromatic amines is 1. The molecule has 0 spiro atoms. The van der Waals surface area contributed by atoms with E-state index >= 15 is 0 Å². The number of nitrogens with one attached hydrogen (secondary N) is 1. The van der Waals surface area contributed by atoms with Crippen LogP contribution in [0.5, 0.6) is 0 Å². The second-order valence-corrected chi connectivity index (χ2v) is 7.31. The number of aromatic nitrogens is 2. The summed E-state index contributed by atoms with van der Waals surface area (Å²) in [5.74, 6) is 0.232. The molecule has 124 valence electrons. The van der Waals surface area contributed by atoms with Gasteiger partial charge in [0.1, 0.15) is 0 Å². The van der Waals surface area contributed by atoms with E-state index in [0.717, 1.165) is 11.1 Å². The van der Waals surface area contributed by atoms with E-state index in [1.165, 1.54) is 0 Å². The fourth-order valence-corrected chi connectivity index (χ4v) is 4.06. The van der Waals surface area contributed by atoms with E-state index < -0.39 is 0 Å². The third-order valence-electron chi connectivity index (χ3n) is 3.97. The van der Waals surface area contributed by atoms with Gasteiger partial charge in [-0.2, -0.15) is 22.7 Å². The van der Waals surface area contributed by atoms with Crippen molar-refractivity contribution in [1.29, 1.82) is 0 Å². The first-order valence-electron chi connectivity index (χ1n) is 7.78. The van der Waals surface area contributed by atoms with Gasteiger partial charge in [0, 0.05) is 18.4 Å². The molecule has 4 nitrogen and oxygen atoms in total. The number of nitrogens with zero attached hydrogens (tertiary/aromatic N) is 1. The molecule has 4 rings (SSSR count). The third kappa shape index (κ3) is 3.31. The molecule has 1 aromatic carbocycles. The predicted octanol–water partition coefficient (Wildman–Crippen LogP) is 4.54. The number of Topliss-reactive ketones (excluding diaryl/α,β-unsaturated/α-hetero) is 2. The molecule has 0 saturated heterocycles. The second-order valence-electron chi connectivity index (χ2n) is 5.75. The van der Waals surface area contributed by atoms with Crippen LogP contribution in [-0.2, 0) is 12.8 Å². The normalized spacial score (nSPS) is 11.0. The molecule has 3 aromatic heterocycles. The molecule has 0 saturated carbocycles. The minimum atomic E-state index is -0.0779. The highest BCUT2D eigenvalue weighted by atomic mass is 32.1. The summed E-state index contributed by atoms with van der Waals surface area (Å²) in [7, 11) is 0. The van der Waals surface area contributed by atoms with E-state index in [4.69, 9.17) is 0 Å². The van der Waals surface area contributed by atoms with E-state index in [1.54, 1.807) is 28.7 Å². The highest BCUT2D eigenvalue weighted by Crippen LogP contribution is 2.20. The van der Waals surface area contributed by atoms with Gasteiger partial charge in [-0.25, -0.2) is 4.98 Å². The minimum Gasteiger partial charge on any atom is -0.335 e. The summed E-state index contributed by atoms with van der Waals surface area (Å²) in [5, 5.41) is 7.83. The average Bonchev–Trinajstić information content (AvgIpc) is 3.35. The summed E-state index contributed by atoms with van der Waals surface area (Å²) in [6.45, 7) is 0. The van der Waals surface area contributed by atoms with Crippen molar-refractivity contribution in [2.45, 2.75) is 12.8 Å². The molecule has 0 aliphatic carbocycles. The van der Waals surface area contributed by atoms with Crippen LogP contribution in [0.25, 0.3) is 11.0 Å². The van der Waals surface area contributed by atoms with E-state index in [0.29, 0.717) is 35.3 Å². The van der Waals surface area contributed by atoms with Gasteiger partial charge in [-0.1, -0.05) is 6.07 Å². The summed E-state index contributed by atoms with van der Waals surface area (Å²) < 4.78 is 0. The lowest BCUT2D eigenvalue weighted by atomic mass is 10.0. The number of para-hydroxylation sites is 1. The van der Waals surface area contributed by atoms with Crippen LogP contribution in [0.3, 0.4) is 0 Å². The Kier molecular flexibility index (Phi) is 4.29. The molecule has 3 heterocycles. The van der Waals surface area contributed by atoms with Crippen LogP contribution in [0.4, 0.5) is 0 Å². The summed E-state index contributed by atoms with van der Waals surface area (Å²) in [6.07, 6.45) is 0.648. The highest BCUT2D eigenvalue weighted by molar-refractivity contribution is 7.08. The maximum absolute atomic E-state index is 12.6. The van der Waals surface area contributed by atoms with Gasteiger partial charge in [0.25, 0.3) is 0 Å². The van der Waals surface area contributed by atoms with Gasteiger partial charge < -0.3 is 4.98 Å². The number of imidazole rings is 1. The van der Waals surface area contributed by atoms with E-state index in [9.17, 15) is 9.59 Å². The van der Waals surface area contributed by atoms with E-state index in [-0.39, 0.29) is 11.6 Å². The monoisotopic (exact) mass is 366 g/mol. The topological polar surface area (TPSA) is 62.8 Å². The number of thiophene rings is 2. The van der Waals surface area contributed by atoms with Gasteiger partial charge in [0.05, 0.1) is 11.0 Å². The highest BCUT2D eigenvalue weighted by Gasteiger charge is 2.17. The molecule has 1 N–H and O–H groups in total. The van der Waals surface area contributed by atoms with Crippen LogP contribution in [0.1, 0.15) is 32.1 Å². The molecule has 0 unspecified atom stereocenters. The molecule has 0 fully saturated rings. The first kappa shape index (κ1) is 15.9. The van der Waals surface area contributed by atoms with E-state index in [2.05, 4.69) is 9.97 Å². The molecular formula is C19H14N2O2S2. The zero-order chi connectivity index (χ0) is 17.2. The van der Waals surface area contributed by atoms with Crippen LogP contribution in [-0.4, -0.2) is 21.5 Å². The van der Waals surface area contributed by atoms with Crippen LogP contribution < -0.4 is 0 Å². The summed E-state index contributed by atoms with van der Waals surface area (Å²) in [6, 6.07) is 9.30. The molecule has 0 radical (unpaired) electrons. The summed E-state index contributed by atoms with van der Waals surface area (Å²) >= 11 is 3.14. The number of fused-ring (bicyclic) bond motifs is 1. The lowest BCUT2D eigenvalue weighted by Gasteiger charge is -2.00. The van der Waals surface area contributed by atoms with Gasteiger partial charge >= 0.3 is 0 Å². The molecule has 0 amide bonds. The van der Waals surface area contributed by atoms with Crippen molar-refractivity contribution < 1.29 is 9.59 Å². The second kappa shape index (κ2) is 6.74. The quantitative estimate of drug-likeness (QED) is 0.510. The Bertz CT molecular complexity index is 1030. The molecule has 0 atom stereocenters. The Balaban J connectivity index is 1.64. The summed E-state index contributed by atoms with van der Waals surface area (Å²) in [4.78, 5) is 32.6. The van der Waals surface area contributed by atoms with Crippen molar-refractivity contribution in [3.8, 4) is 0 Å². The van der Waals surface area contributed by atoms with Crippen molar-refractivity contribution in [3.05, 3.63) is 74.4 Å².